The van der Waals surface area contributed by atoms with Crippen molar-refractivity contribution in [3.63, 3.8) is 0 Å². The molecule has 1 aliphatic heterocycles. The van der Waals surface area contributed by atoms with Gasteiger partial charge < -0.3 is 4.74 Å². The van der Waals surface area contributed by atoms with Gasteiger partial charge in [-0.25, -0.2) is 0 Å². The number of pyridine rings is 1. The molecular weight excluding hydrogens is 336 g/mol. The van der Waals surface area contributed by atoms with E-state index in [9.17, 15) is 9.59 Å². The van der Waals surface area contributed by atoms with Crippen molar-refractivity contribution in [2.24, 2.45) is 0 Å². The second-order valence-electron chi connectivity index (χ2n) is 5.53. The largest absolute Gasteiger partial charge is 0.482 e. The first kappa shape index (κ1) is 15.8. The molecule has 1 aromatic carbocycles. The Bertz CT molecular complexity index is 956. The van der Waals surface area contributed by atoms with Crippen LogP contribution in [0.25, 0.3) is 11.4 Å². The van der Waals surface area contributed by atoms with Crippen LogP contribution in [-0.2, 0) is 9.59 Å². The van der Waals surface area contributed by atoms with Crippen LogP contribution < -0.4 is 15.0 Å². The minimum atomic E-state index is -0.407. The number of benzene rings is 1. The molecule has 4 rings (SSSR count). The minimum Gasteiger partial charge on any atom is -0.482 e. The average Bonchev–Trinajstić information content (AvgIpc) is 3.13. The summed E-state index contributed by atoms with van der Waals surface area (Å²) in [5, 5.41) is 9.31. The molecule has 0 atom stereocenters. The molecule has 2 N–H and O–H groups in total. The van der Waals surface area contributed by atoms with Crippen molar-refractivity contribution in [1.29, 1.82) is 0 Å². The summed E-state index contributed by atoms with van der Waals surface area (Å²) in [6, 6.07) is 10.6. The lowest BCUT2D eigenvalue weighted by Crippen LogP contribution is -2.43. The Morgan fingerprint density at radius 1 is 1.23 bits per heavy atom. The van der Waals surface area contributed by atoms with Gasteiger partial charge in [0.05, 0.1) is 5.69 Å². The van der Waals surface area contributed by atoms with Crippen LogP contribution in [0.4, 0.5) is 11.6 Å². The van der Waals surface area contributed by atoms with Crippen LogP contribution in [0.5, 0.6) is 5.75 Å². The number of aromatic amines is 1. The van der Waals surface area contributed by atoms with Gasteiger partial charge in [0.25, 0.3) is 5.91 Å². The molecule has 130 valence electrons. The van der Waals surface area contributed by atoms with Crippen molar-refractivity contribution in [3.8, 4) is 17.1 Å². The van der Waals surface area contributed by atoms with Crippen molar-refractivity contribution in [1.82, 2.24) is 20.2 Å². The molecule has 0 radical (unpaired) electrons. The summed E-state index contributed by atoms with van der Waals surface area (Å²) in [6.07, 6.45) is 3.27. The Labute approximate surface area is 148 Å². The van der Waals surface area contributed by atoms with E-state index in [0.717, 1.165) is 5.56 Å². The smallest absolute Gasteiger partial charge is 0.265 e. The summed E-state index contributed by atoms with van der Waals surface area (Å²) in [5.74, 6) is 0.519. The fourth-order valence-electron chi connectivity index (χ4n) is 2.59. The van der Waals surface area contributed by atoms with Crippen LogP contribution in [0, 0.1) is 0 Å². The maximum Gasteiger partial charge on any atom is 0.265 e. The van der Waals surface area contributed by atoms with Gasteiger partial charge in [0.2, 0.25) is 11.9 Å². The van der Waals surface area contributed by atoms with Gasteiger partial charge in [-0.15, -0.1) is 5.10 Å². The molecule has 0 aliphatic carbocycles. The number of anilines is 2. The quantitative estimate of drug-likeness (QED) is 0.732. The molecule has 2 amide bonds. The van der Waals surface area contributed by atoms with Crippen LogP contribution >= 0.6 is 0 Å². The number of hydrogen-bond donors (Lipinski definition) is 2. The lowest BCUT2D eigenvalue weighted by Gasteiger charge is -2.28. The van der Waals surface area contributed by atoms with E-state index in [0.29, 0.717) is 17.3 Å². The van der Waals surface area contributed by atoms with Crippen LogP contribution in [-0.4, -0.2) is 45.1 Å². The van der Waals surface area contributed by atoms with Gasteiger partial charge in [-0.05, 0) is 24.3 Å². The molecule has 2 aromatic heterocycles. The molecule has 0 saturated carbocycles. The molecule has 0 bridgehead atoms. The molecule has 0 spiro atoms. The zero-order valence-electron chi connectivity index (χ0n) is 13.5. The molecular formula is C17H14N6O3. The maximum atomic E-state index is 12.3. The second-order valence-corrected chi connectivity index (χ2v) is 5.53. The molecule has 1 aliphatic rings. The highest BCUT2D eigenvalue weighted by Gasteiger charge is 2.27. The lowest BCUT2D eigenvalue weighted by atomic mass is 10.2. The van der Waals surface area contributed by atoms with Crippen LogP contribution in [0.15, 0.2) is 48.8 Å². The topological polar surface area (TPSA) is 113 Å². The van der Waals surface area contributed by atoms with Gasteiger partial charge in [-0.2, -0.15) is 4.98 Å². The number of carbonyl (C=O) groups is 2. The highest BCUT2D eigenvalue weighted by Crippen LogP contribution is 2.31. The fraction of sp³-hybridized carbons (Fsp3) is 0.118. The first-order chi connectivity index (χ1) is 12.7. The number of carbonyl (C=O) groups excluding carboxylic acids is 2. The summed E-state index contributed by atoms with van der Waals surface area (Å²) in [5.41, 5.74) is 1.36. The summed E-state index contributed by atoms with van der Waals surface area (Å²) in [4.78, 5) is 34.0. The number of amides is 2. The molecule has 3 heterocycles. The SMILES string of the molecule is O=C(CN1C(=O)COc2ccccc21)Nc1n[nH]c(-c2ccncc2)n1. The van der Waals surface area contributed by atoms with E-state index >= 15 is 0 Å². The normalized spacial score (nSPS) is 13.1. The Balaban J connectivity index is 1.47. The molecule has 26 heavy (non-hydrogen) atoms. The molecule has 0 fully saturated rings. The second kappa shape index (κ2) is 6.63. The highest BCUT2D eigenvalue weighted by atomic mass is 16.5. The van der Waals surface area contributed by atoms with Gasteiger partial charge in [0, 0.05) is 18.0 Å². The third-order valence-electron chi connectivity index (χ3n) is 3.80. The Hall–Kier alpha value is -3.75. The Kier molecular flexibility index (Phi) is 4.02. The van der Waals surface area contributed by atoms with E-state index in [1.807, 2.05) is 0 Å². The van der Waals surface area contributed by atoms with Gasteiger partial charge >= 0.3 is 0 Å². The lowest BCUT2D eigenvalue weighted by molar-refractivity contribution is -0.123. The van der Waals surface area contributed by atoms with Crippen LogP contribution in [0.2, 0.25) is 0 Å². The molecule has 0 unspecified atom stereocenters. The molecule has 9 heteroatoms. The third-order valence-corrected chi connectivity index (χ3v) is 3.80. The Morgan fingerprint density at radius 3 is 2.88 bits per heavy atom. The van der Waals surface area contributed by atoms with E-state index in [1.165, 1.54) is 4.90 Å². The summed E-state index contributed by atoms with van der Waals surface area (Å²) in [6.45, 7) is -0.254. The number of rotatable bonds is 4. The van der Waals surface area contributed by atoms with E-state index in [2.05, 4.69) is 25.5 Å². The van der Waals surface area contributed by atoms with Crippen molar-refractivity contribution >= 4 is 23.5 Å². The number of aromatic nitrogens is 4. The summed E-state index contributed by atoms with van der Waals surface area (Å²) < 4.78 is 5.36. The minimum absolute atomic E-state index is 0.100. The number of nitrogens with one attached hydrogen (secondary N) is 2. The van der Waals surface area contributed by atoms with Crippen LogP contribution in [0.1, 0.15) is 0 Å². The number of H-pyrrole nitrogens is 1. The first-order valence-corrected chi connectivity index (χ1v) is 7.85. The number of hydrogen-bond acceptors (Lipinski definition) is 6. The fourth-order valence-corrected chi connectivity index (χ4v) is 2.59. The van der Waals surface area contributed by atoms with Crippen LogP contribution in [0.3, 0.4) is 0 Å². The first-order valence-electron chi connectivity index (χ1n) is 7.85. The van der Waals surface area contributed by atoms with Crippen molar-refractivity contribution < 1.29 is 14.3 Å². The zero-order valence-corrected chi connectivity index (χ0v) is 13.5. The standard InChI is InChI=1S/C17H14N6O3/c24-14(9-23-12-3-1-2-4-13(12)26-10-15(23)25)19-17-20-16(21-22-17)11-5-7-18-8-6-11/h1-8H,9-10H2,(H2,19,20,21,22,24). The molecule has 0 saturated heterocycles. The number of fused-ring (bicyclic) bond motifs is 1. The van der Waals surface area contributed by atoms with Crippen molar-refractivity contribution in [2.75, 3.05) is 23.4 Å². The maximum absolute atomic E-state index is 12.3. The predicted molar refractivity (Wildman–Crippen MR) is 92.5 cm³/mol. The van der Waals surface area contributed by atoms with Gasteiger partial charge in [0.1, 0.15) is 12.3 Å². The van der Waals surface area contributed by atoms with E-state index in [1.54, 1.807) is 48.8 Å². The Morgan fingerprint density at radius 2 is 2.04 bits per heavy atom. The number of nitrogens with zero attached hydrogens (tertiary/aromatic N) is 4. The van der Waals surface area contributed by atoms with E-state index in [4.69, 9.17) is 4.74 Å². The zero-order chi connectivity index (χ0) is 17.9. The van der Waals surface area contributed by atoms with E-state index in [-0.39, 0.29) is 25.0 Å². The highest BCUT2D eigenvalue weighted by molar-refractivity contribution is 6.04. The number of ether oxygens (including phenoxy) is 1. The van der Waals surface area contributed by atoms with Gasteiger partial charge in [-0.3, -0.25) is 29.9 Å². The summed E-state index contributed by atoms with van der Waals surface area (Å²) >= 11 is 0. The molecule has 3 aromatic rings. The van der Waals surface area contributed by atoms with Gasteiger partial charge in [0.15, 0.2) is 12.4 Å². The van der Waals surface area contributed by atoms with Crippen molar-refractivity contribution in [2.45, 2.75) is 0 Å². The third kappa shape index (κ3) is 3.09. The monoisotopic (exact) mass is 350 g/mol. The summed E-state index contributed by atoms with van der Waals surface area (Å²) in [7, 11) is 0. The van der Waals surface area contributed by atoms with E-state index < -0.39 is 5.91 Å². The van der Waals surface area contributed by atoms with Gasteiger partial charge in [-0.1, -0.05) is 12.1 Å². The average molecular weight is 350 g/mol. The predicted octanol–water partition coefficient (Wildman–Crippen LogP) is 1.23. The molecule has 9 nitrogen and oxygen atoms in total. The number of para-hydroxylation sites is 2. The van der Waals surface area contributed by atoms with Crippen molar-refractivity contribution in [3.05, 3.63) is 48.8 Å².